The van der Waals surface area contributed by atoms with E-state index < -0.39 is 15.9 Å². The van der Waals surface area contributed by atoms with Gasteiger partial charge in [-0.15, -0.1) is 0 Å². The molecule has 0 saturated carbocycles. The van der Waals surface area contributed by atoms with Gasteiger partial charge in [-0.2, -0.15) is 0 Å². The van der Waals surface area contributed by atoms with Crippen LogP contribution in [0.2, 0.25) is 5.02 Å². The lowest BCUT2D eigenvalue weighted by molar-refractivity contribution is -0.114. The second kappa shape index (κ2) is 8.46. The number of benzene rings is 3. The van der Waals surface area contributed by atoms with Crippen LogP contribution in [0.1, 0.15) is 5.56 Å². The first-order valence-corrected chi connectivity index (χ1v) is 10.4. The Kier molecular flexibility index (Phi) is 6.02. The number of hydrogen-bond donors (Lipinski definition) is 1. The van der Waals surface area contributed by atoms with Crippen LogP contribution < -0.4 is 9.62 Å². The normalized spacial score (nSPS) is 11.1. The van der Waals surface area contributed by atoms with E-state index in [1.807, 2.05) is 25.1 Å². The minimum Gasteiger partial charge on any atom is -0.325 e. The molecule has 3 rings (SSSR count). The predicted molar refractivity (Wildman–Crippen MR) is 112 cm³/mol. The molecule has 0 fully saturated rings. The third-order valence-corrected chi connectivity index (χ3v) is 6.04. The van der Waals surface area contributed by atoms with Gasteiger partial charge in [0, 0.05) is 10.7 Å². The molecule has 3 aromatic rings. The maximum atomic E-state index is 13.2. The average molecular weight is 415 g/mol. The summed E-state index contributed by atoms with van der Waals surface area (Å²) in [6, 6.07) is 21.7. The van der Waals surface area contributed by atoms with Crippen LogP contribution in [0.15, 0.2) is 83.8 Å². The molecule has 0 aliphatic heterocycles. The van der Waals surface area contributed by atoms with Gasteiger partial charge in [0.2, 0.25) is 5.91 Å². The summed E-state index contributed by atoms with van der Waals surface area (Å²) in [6.07, 6.45) is 0. The van der Waals surface area contributed by atoms with Crippen molar-refractivity contribution in [2.24, 2.45) is 0 Å². The van der Waals surface area contributed by atoms with Crippen molar-refractivity contribution in [3.05, 3.63) is 89.4 Å². The van der Waals surface area contributed by atoms with Crippen LogP contribution in [0.4, 0.5) is 11.4 Å². The number of amides is 1. The van der Waals surface area contributed by atoms with Crippen molar-refractivity contribution in [1.29, 1.82) is 0 Å². The Morgan fingerprint density at radius 1 is 0.964 bits per heavy atom. The fraction of sp³-hybridized carbons (Fsp3) is 0.0952. The van der Waals surface area contributed by atoms with E-state index in [-0.39, 0.29) is 11.4 Å². The van der Waals surface area contributed by atoms with Crippen LogP contribution in [0.3, 0.4) is 0 Å². The molecule has 0 radical (unpaired) electrons. The molecule has 0 bridgehead atoms. The van der Waals surface area contributed by atoms with Crippen molar-refractivity contribution in [3.8, 4) is 0 Å². The smallest absolute Gasteiger partial charge is 0.264 e. The van der Waals surface area contributed by atoms with Gasteiger partial charge >= 0.3 is 0 Å². The molecule has 1 N–H and O–H groups in total. The number of aryl methyl sites for hydroxylation is 1. The standard InChI is InChI=1S/C21H19ClN2O3S/c1-16-7-5-9-18(13-16)23-21(25)15-24(19-10-6-8-17(22)14-19)28(26,27)20-11-3-2-4-12-20/h2-14H,15H2,1H3,(H,23,25). The molecule has 0 aromatic heterocycles. The van der Waals surface area contributed by atoms with Gasteiger partial charge in [0.1, 0.15) is 6.54 Å². The van der Waals surface area contributed by atoms with Crippen LogP contribution in [-0.4, -0.2) is 20.9 Å². The minimum atomic E-state index is -3.95. The summed E-state index contributed by atoms with van der Waals surface area (Å²) in [7, 11) is -3.95. The Balaban J connectivity index is 1.94. The molecule has 28 heavy (non-hydrogen) atoms. The van der Waals surface area contributed by atoms with Crippen molar-refractivity contribution >= 4 is 38.9 Å². The second-order valence-corrected chi connectivity index (χ2v) is 8.52. The Hall–Kier alpha value is -2.83. The minimum absolute atomic E-state index is 0.0957. The zero-order chi connectivity index (χ0) is 20.1. The van der Waals surface area contributed by atoms with Gasteiger partial charge in [-0.1, -0.05) is 48.0 Å². The molecule has 144 valence electrons. The van der Waals surface area contributed by atoms with E-state index >= 15 is 0 Å². The maximum Gasteiger partial charge on any atom is 0.264 e. The van der Waals surface area contributed by atoms with Gasteiger partial charge in [-0.3, -0.25) is 9.10 Å². The Morgan fingerprint density at radius 2 is 1.68 bits per heavy atom. The zero-order valence-corrected chi connectivity index (χ0v) is 16.7. The van der Waals surface area contributed by atoms with E-state index in [0.717, 1.165) is 9.87 Å². The van der Waals surface area contributed by atoms with Gasteiger partial charge in [0.05, 0.1) is 10.6 Å². The third-order valence-electron chi connectivity index (χ3n) is 4.02. The molecule has 5 nitrogen and oxygen atoms in total. The summed E-state index contributed by atoms with van der Waals surface area (Å²) in [5.74, 6) is -0.454. The first kappa shape index (κ1) is 19.9. The lowest BCUT2D eigenvalue weighted by atomic mass is 10.2. The summed E-state index contributed by atoms with van der Waals surface area (Å²) >= 11 is 6.05. The van der Waals surface area contributed by atoms with Crippen LogP contribution in [0.5, 0.6) is 0 Å². The third kappa shape index (κ3) is 4.71. The van der Waals surface area contributed by atoms with Crippen LogP contribution in [0, 0.1) is 6.92 Å². The number of anilines is 2. The number of rotatable bonds is 6. The van der Waals surface area contributed by atoms with E-state index in [0.29, 0.717) is 16.4 Å². The summed E-state index contributed by atoms with van der Waals surface area (Å²) in [4.78, 5) is 12.7. The first-order valence-electron chi connectivity index (χ1n) is 8.56. The summed E-state index contributed by atoms with van der Waals surface area (Å²) in [5.41, 5.74) is 1.91. The van der Waals surface area contributed by atoms with E-state index in [1.165, 1.54) is 18.2 Å². The highest BCUT2D eigenvalue weighted by Crippen LogP contribution is 2.26. The number of halogens is 1. The van der Waals surface area contributed by atoms with Crippen LogP contribution >= 0.6 is 11.6 Å². The average Bonchev–Trinajstić information content (AvgIpc) is 2.67. The molecule has 7 heteroatoms. The lowest BCUT2D eigenvalue weighted by Gasteiger charge is -2.24. The fourth-order valence-corrected chi connectivity index (χ4v) is 4.34. The maximum absolute atomic E-state index is 13.2. The largest absolute Gasteiger partial charge is 0.325 e. The highest BCUT2D eigenvalue weighted by atomic mass is 35.5. The summed E-state index contributed by atoms with van der Waals surface area (Å²) < 4.78 is 27.4. The van der Waals surface area contributed by atoms with Crippen LogP contribution in [-0.2, 0) is 14.8 Å². The quantitative estimate of drug-likeness (QED) is 0.646. The number of nitrogens with one attached hydrogen (secondary N) is 1. The molecular weight excluding hydrogens is 396 g/mol. The summed E-state index contributed by atoms with van der Waals surface area (Å²) in [5, 5.41) is 3.12. The van der Waals surface area contributed by atoms with Crippen molar-refractivity contribution < 1.29 is 13.2 Å². The zero-order valence-electron chi connectivity index (χ0n) is 15.2. The molecule has 0 unspecified atom stereocenters. The predicted octanol–water partition coefficient (Wildman–Crippen LogP) is 4.48. The Labute approximate surface area is 169 Å². The molecule has 3 aromatic carbocycles. The van der Waals surface area contributed by atoms with Gasteiger partial charge in [0.15, 0.2) is 0 Å². The molecule has 1 amide bonds. The number of nitrogens with zero attached hydrogens (tertiary/aromatic N) is 1. The summed E-state index contributed by atoms with van der Waals surface area (Å²) in [6.45, 7) is 1.53. The monoisotopic (exact) mass is 414 g/mol. The number of carbonyl (C=O) groups is 1. The Morgan fingerprint density at radius 3 is 2.36 bits per heavy atom. The molecule has 0 heterocycles. The molecule has 0 atom stereocenters. The number of sulfonamides is 1. The number of hydrogen-bond acceptors (Lipinski definition) is 3. The van der Waals surface area contributed by atoms with Gasteiger partial charge in [-0.25, -0.2) is 8.42 Å². The Bertz CT molecular complexity index is 1090. The van der Waals surface area contributed by atoms with E-state index in [2.05, 4.69) is 5.32 Å². The lowest BCUT2D eigenvalue weighted by Crippen LogP contribution is -2.38. The van der Waals surface area contributed by atoms with Crippen molar-refractivity contribution in [2.45, 2.75) is 11.8 Å². The highest BCUT2D eigenvalue weighted by molar-refractivity contribution is 7.92. The first-order chi connectivity index (χ1) is 13.4. The van der Waals surface area contributed by atoms with Crippen molar-refractivity contribution in [2.75, 3.05) is 16.2 Å². The van der Waals surface area contributed by atoms with E-state index in [9.17, 15) is 13.2 Å². The second-order valence-electron chi connectivity index (χ2n) is 6.22. The van der Waals surface area contributed by atoms with Crippen molar-refractivity contribution in [3.63, 3.8) is 0 Å². The van der Waals surface area contributed by atoms with E-state index in [4.69, 9.17) is 11.6 Å². The highest BCUT2D eigenvalue weighted by Gasteiger charge is 2.27. The molecule has 0 aliphatic rings. The fourth-order valence-electron chi connectivity index (χ4n) is 2.72. The van der Waals surface area contributed by atoms with Crippen molar-refractivity contribution in [1.82, 2.24) is 0 Å². The van der Waals surface area contributed by atoms with Gasteiger partial charge in [-0.05, 0) is 55.0 Å². The molecule has 0 saturated heterocycles. The van der Waals surface area contributed by atoms with Gasteiger partial charge < -0.3 is 5.32 Å². The topological polar surface area (TPSA) is 66.5 Å². The molecule has 0 spiro atoms. The van der Waals surface area contributed by atoms with Crippen LogP contribution in [0.25, 0.3) is 0 Å². The molecular formula is C21H19ClN2O3S. The SMILES string of the molecule is Cc1cccc(NC(=O)CN(c2cccc(Cl)c2)S(=O)(=O)c2ccccc2)c1. The van der Waals surface area contributed by atoms with E-state index in [1.54, 1.807) is 42.5 Å². The number of carbonyl (C=O) groups excluding carboxylic acids is 1. The molecule has 0 aliphatic carbocycles. The van der Waals surface area contributed by atoms with Gasteiger partial charge in [0.25, 0.3) is 10.0 Å².